The van der Waals surface area contributed by atoms with E-state index in [1.165, 1.54) is 18.9 Å². The highest BCUT2D eigenvalue weighted by molar-refractivity contribution is 5.65. The fraction of sp³-hybridized carbons (Fsp3) is 0.500. The Morgan fingerprint density at radius 1 is 1.41 bits per heavy atom. The van der Waals surface area contributed by atoms with Crippen LogP contribution in [0.25, 0.3) is 0 Å². The van der Waals surface area contributed by atoms with E-state index in [0.717, 1.165) is 19.5 Å². The van der Waals surface area contributed by atoms with E-state index in [9.17, 15) is 4.79 Å². The van der Waals surface area contributed by atoms with E-state index >= 15 is 0 Å². The predicted molar refractivity (Wildman–Crippen MR) is 66.5 cm³/mol. The molecule has 2 rings (SSSR count). The maximum Gasteiger partial charge on any atom is 0.302 e. The van der Waals surface area contributed by atoms with Crippen LogP contribution in [-0.2, 0) is 16.1 Å². The number of rotatable bonds is 4. The number of esters is 1. The summed E-state index contributed by atoms with van der Waals surface area (Å²) in [6.45, 7) is 4.05. The van der Waals surface area contributed by atoms with Gasteiger partial charge in [-0.25, -0.2) is 0 Å². The van der Waals surface area contributed by atoms with Gasteiger partial charge in [0.05, 0.1) is 0 Å². The lowest BCUT2D eigenvalue weighted by molar-refractivity contribution is -0.142. The molecule has 1 aromatic carbocycles. The van der Waals surface area contributed by atoms with Gasteiger partial charge in [0.2, 0.25) is 0 Å². The van der Waals surface area contributed by atoms with Gasteiger partial charge in [0.25, 0.3) is 0 Å². The van der Waals surface area contributed by atoms with Crippen LogP contribution in [0.1, 0.15) is 25.3 Å². The average molecular weight is 233 g/mol. The third-order valence-corrected chi connectivity index (χ3v) is 3.21. The Morgan fingerprint density at radius 2 is 2.18 bits per heavy atom. The lowest BCUT2D eigenvalue weighted by Gasteiger charge is -2.23. The molecule has 1 aliphatic rings. The zero-order valence-corrected chi connectivity index (χ0v) is 10.3. The van der Waals surface area contributed by atoms with Crippen molar-refractivity contribution < 1.29 is 9.53 Å². The van der Waals surface area contributed by atoms with Gasteiger partial charge < -0.3 is 4.74 Å². The van der Waals surface area contributed by atoms with Crippen LogP contribution in [0.4, 0.5) is 0 Å². The summed E-state index contributed by atoms with van der Waals surface area (Å²) >= 11 is 0. The fourth-order valence-electron chi connectivity index (χ4n) is 2.32. The van der Waals surface area contributed by atoms with Crippen molar-refractivity contribution in [1.82, 2.24) is 4.90 Å². The summed E-state index contributed by atoms with van der Waals surface area (Å²) in [7, 11) is 0. The quantitative estimate of drug-likeness (QED) is 0.747. The molecule has 1 atom stereocenters. The van der Waals surface area contributed by atoms with Crippen molar-refractivity contribution in [3.8, 4) is 0 Å². The molecule has 0 amide bonds. The molecular weight excluding hydrogens is 214 g/mol. The van der Waals surface area contributed by atoms with E-state index in [2.05, 4.69) is 29.2 Å². The molecule has 3 heteroatoms. The SMILES string of the molecule is CC(=O)OCC1CCCN1Cc1ccccc1. The Bertz CT molecular complexity index is 364. The van der Waals surface area contributed by atoms with Crippen molar-refractivity contribution in [3.63, 3.8) is 0 Å². The summed E-state index contributed by atoms with van der Waals surface area (Å²) in [6.07, 6.45) is 2.32. The van der Waals surface area contributed by atoms with Gasteiger partial charge in [-0.05, 0) is 24.9 Å². The van der Waals surface area contributed by atoms with Crippen molar-refractivity contribution in [3.05, 3.63) is 35.9 Å². The molecular formula is C14H19NO2. The molecule has 0 saturated carbocycles. The zero-order chi connectivity index (χ0) is 12.1. The van der Waals surface area contributed by atoms with Gasteiger partial charge in [-0.15, -0.1) is 0 Å². The molecule has 1 aliphatic heterocycles. The highest BCUT2D eigenvalue weighted by Crippen LogP contribution is 2.20. The second kappa shape index (κ2) is 5.82. The number of benzene rings is 1. The highest BCUT2D eigenvalue weighted by Gasteiger charge is 2.25. The van der Waals surface area contributed by atoms with Gasteiger partial charge in [0, 0.05) is 19.5 Å². The van der Waals surface area contributed by atoms with Gasteiger partial charge in [-0.3, -0.25) is 9.69 Å². The Hall–Kier alpha value is -1.35. The maximum absolute atomic E-state index is 10.8. The number of carbonyl (C=O) groups is 1. The standard InChI is InChI=1S/C14H19NO2/c1-12(16)17-11-14-8-5-9-15(14)10-13-6-3-2-4-7-13/h2-4,6-7,14H,5,8-11H2,1H3. The molecule has 1 unspecified atom stereocenters. The lowest BCUT2D eigenvalue weighted by atomic mass is 10.2. The second-order valence-corrected chi connectivity index (χ2v) is 4.55. The predicted octanol–water partition coefficient (Wildman–Crippen LogP) is 2.21. The fourth-order valence-corrected chi connectivity index (χ4v) is 2.32. The molecule has 1 saturated heterocycles. The molecule has 3 nitrogen and oxygen atoms in total. The number of carbonyl (C=O) groups excluding carboxylic acids is 1. The third-order valence-electron chi connectivity index (χ3n) is 3.21. The molecule has 1 aromatic rings. The van der Waals surface area contributed by atoms with Crippen LogP contribution >= 0.6 is 0 Å². The Morgan fingerprint density at radius 3 is 2.88 bits per heavy atom. The normalized spacial score (nSPS) is 20.4. The Balaban J connectivity index is 1.89. The van der Waals surface area contributed by atoms with Crippen LogP contribution in [0.5, 0.6) is 0 Å². The van der Waals surface area contributed by atoms with Crippen molar-refractivity contribution in [2.24, 2.45) is 0 Å². The van der Waals surface area contributed by atoms with Crippen molar-refractivity contribution in [2.45, 2.75) is 32.4 Å². The first-order chi connectivity index (χ1) is 8.25. The average Bonchev–Trinajstić information content (AvgIpc) is 2.75. The first-order valence-corrected chi connectivity index (χ1v) is 6.17. The molecule has 0 aromatic heterocycles. The van der Waals surface area contributed by atoms with Gasteiger partial charge in [-0.1, -0.05) is 30.3 Å². The van der Waals surface area contributed by atoms with Crippen LogP contribution in [0.2, 0.25) is 0 Å². The van der Waals surface area contributed by atoms with Gasteiger partial charge >= 0.3 is 5.97 Å². The molecule has 17 heavy (non-hydrogen) atoms. The van der Waals surface area contributed by atoms with E-state index in [0.29, 0.717) is 12.6 Å². The molecule has 0 spiro atoms. The van der Waals surface area contributed by atoms with E-state index in [-0.39, 0.29) is 5.97 Å². The van der Waals surface area contributed by atoms with Gasteiger partial charge in [0.15, 0.2) is 0 Å². The lowest BCUT2D eigenvalue weighted by Crippen LogP contribution is -2.33. The van der Waals surface area contributed by atoms with Crippen LogP contribution in [0.3, 0.4) is 0 Å². The summed E-state index contributed by atoms with van der Waals surface area (Å²) in [5.74, 6) is -0.184. The molecule has 1 fully saturated rings. The summed E-state index contributed by atoms with van der Waals surface area (Å²) in [5, 5.41) is 0. The molecule has 1 heterocycles. The molecule has 0 aliphatic carbocycles. The minimum atomic E-state index is -0.184. The van der Waals surface area contributed by atoms with E-state index in [4.69, 9.17) is 4.74 Å². The molecule has 0 radical (unpaired) electrons. The molecule has 0 N–H and O–H groups in total. The highest BCUT2D eigenvalue weighted by atomic mass is 16.5. The topological polar surface area (TPSA) is 29.5 Å². The third kappa shape index (κ3) is 3.56. The Kier molecular flexibility index (Phi) is 4.15. The van der Waals surface area contributed by atoms with Crippen LogP contribution in [-0.4, -0.2) is 30.1 Å². The van der Waals surface area contributed by atoms with E-state index in [1.807, 2.05) is 6.07 Å². The summed E-state index contributed by atoms with van der Waals surface area (Å²) in [5.41, 5.74) is 1.32. The maximum atomic E-state index is 10.8. The zero-order valence-electron chi connectivity index (χ0n) is 10.3. The monoisotopic (exact) mass is 233 g/mol. The van der Waals surface area contributed by atoms with Crippen molar-refractivity contribution in [1.29, 1.82) is 0 Å². The summed E-state index contributed by atoms with van der Waals surface area (Å²) in [4.78, 5) is 13.2. The van der Waals surface area contributed by atoms with Crippen molar-refractivity contribution in [2.75, 3.05) is 13.2 Å². The molecule has 0 bridgehead atoms. The van der Waals surface area contributed by atoms with Crippen LogP contribution in [0, 0.1) is 0 Å². The smallest absolute Gasteiger partial charge is 0.302 e. The number of ether oxygens (including phenoxy) is 1. The minimum Gasteiger partial charge on any atom is -0.464 e. The number of nitrogens with zero attached hydrogens (tertiary/aromatic N) is 1. The van der Waals surface area contributed by atoms with E-state index < -0.39 is 0 Å². The Labute approximate surface area is 102 Å². The number of hydrogen-bond acceptors (Lipinski definition) is 3. The van der Waals surface area contributed by atoms with Crippen LogP contribution in [0.15, 0.2) is 30.3 Å². The molecule has 92 valence electrons. The minimum absolute atomic E-state index is 0.184. The summed E-state index contributed by atoms with van der Waals surface area (Å²) < 4.78 is 5.11. The largest absolute Gasteiger partial charge is 0.464 e. The summed E-state index contributed by atoms with van der Waals surface area (Å²) in [6, 6.07) is 10.8. The number of hydrogen-bond donors (Lipinski definition) is 0. The van der Waals surface area contributed by atoms with Gasteiger partial charge in [0.1, 0.15) is 6.61 Å². The first kappa shape index (κ1) is 12.1. The second-order valence-electron chi connectivity index (χ2n) is 4.55. The van der Waals surface area contributed by atoms with Crippen molar-refractivity contribution >= 4 is 5.97 Å². The van der Waals surface area contributed by atoms with Gasteiger partial charge in [-0.2, -0.15) is 0 Å². The number of likely N-dealkylation sites (tertiary alicyclic amines) is 1. The van der Waals surface area contributed by atoms with E-state index in [1.54, 1.807) is 0 Å². The first-order valence-electron chi connectivity index (χ1n) is 6.17. The van der Waals surface area contributed by atoms with Crippen LogP contribution < -0.4 is 0 Å².